The van der Waals surface area contributed by atoms with E-state index in [0.717, 1.165) is 21.7 Å². The zero-order valence-electron chi connectivity index (χ0n) is 16.2. The van der Waals surface area contributed by atoms with E-state index < -0.39 is 10.0 Å². The van der Waals surface area contributed by atoms with Gasteiger partial charge in [-0.2, -0.15) is 4.31 Å². The number of aryl methyl sites for hydroxylation is 3. The second kappa shape index (κ2) is 7.73. The molecule has 1 aromatic carbocycles. The number of carbonyl (C=O) groups is 1. The van der Waals surface area contributed by atoms with E-state index in [1.54, 1.807) is 18.0 Å². The number of anilines is 1. The topological polar surface area (TPSA) is 57.7 Å². The molecule has 1 unspecified atom stereocenters. The lowest BCUT2D eigenvalue weighted by molar-refractivity contribution is -0.123. The smallest absolute Gasteiger partial charge is 0.252 e. The van der Waals surface area contributed by atoms with Crippen LogP contribution in [0.15, 0.2) is 34.5 Å². The Bertz CT molecular complexity index is 950. The van der Waals surface area contributed by atoms with Gasteiger partial charge in [0, 0.05) is 30.7 Å². The molecule has 0 spiro atoms. The number of amides is 1. The molecule has 3 rings (SSSR count). The second-order valence-corrected chi connectivity index (χ2v) is 10.7. The van der Waals surface area contributed by atoms with Crippen LogP contribution < -0.4 is 4.90 Å². The summed E-state index contributed by atoms with van der Waals surface area (Å²) in [5.74, 6) is -0.342. The van der Waals surface area contributed by atoms with Gasteiger partial charge in [-0.05, 0) is 62.9 Å². The Hall–Kier alpha value is -1.70. The molecular weight excluding hydrogens is 380 g/mol. The Kier molecular flexibility index (Phi) is 5.74. The van der Waals surface area contributed by atoms with Crippen molar-refractivity contribution >= 4 is 33.0 Å². The standard InChI is InChI=1S/C20H26N2O3S2/c1-14-7-8-15(2)18(12-14)21(4)20(23)17-6-5-11-22(13-17)27(24,25)19-10-9-16(3)26-19/h7-10,12,17H,5-6,11,13H2,1-4H3. The van der Waals surface area contributed by atoms with E-state index in [-0.39, 0.29) is 18.4 Å². The average molecular weight is 407 g/mol. The Balaban J connectivity index is 1.79. The third-order valence-electron chi connectivity index (χ3n) is 5.10. The van der Waals surface area contributed by atoms with Gasteiger partial charge in [-0.25, -0.2) is 8.42 Å². The molecule has 27 heavy (non-hydrogen) atoms. The van der Waals surface area contributed by atoms with Crippen molar-refractivity contribution in [1.82, 2.24) is 4.31 Å². The highest BCUT2D eigenvalue weighted by molar-refractivity contribution is 7.91. The summed E-state index contributed by atoms with van der Waals surface area (Å²) in [4.78, 5) is 15.7. The molecule has 7 heteroatoms. The van der Waals surface area contributed by atoms with Crippen molar-refractivity contribution in [3.8, 4) is 0 Å². The van der Waals surface area contributed by atoms with Gasteiger partial charge in [-0.3, -0.25) is 4.79 Å². The minimum Gasteiger partial charge on any atom is -0.315 e. The van der Waals surface area contributed by atoms with E-state index >= 15 is 0 Å². The molecule has 0 N–H and O–H groups in total. The highest BCUT2D eigenvalue weighted by atomic mass is 32.2. The monoisotopic (exact) mass is 406 g/mol. The number of thiophene rings is 1. The maximum Gasteiger partial charge on any atom is 0.252 e. The summed E-state index contributed by atoms with van der Waals surface area (Å²) in [6.07, 6.45) is 1.41. The van der Waals surface area contributed by atoms with Gasteiger partial charge < -0.3 is 4.90 Å². The number of carbonyl (C=O) groups excluding carboxylic acids is 1. The molecule has 1 atom stereocenters. The minimum absolute atomic E-state index is 0.0223. The number of rotatable bonds is 4. The van der Waals surface area contributed by atoms with E-state index in [1.165, 1.54) is 15.6 Å². The minimum atomic E-state index is -3.53. The lowest BCUT2D eigenvalue weighted by Crippen LogP contribution is -2.45. The van der Waals surface area contributed by atoms with Gasteiger partial charge >= 0.3 is 0 Å². The second-order valence-electron chi connectivity index (χ2n) is 7.25. The van der Waals surface area contributed by atoms with Gasteiger partial charge in [0.1, 0.15) is 4.21 Å². The summed E-state index contributed by atoms with van der Waals surface area (Å²) in [5, 5.41) is 0. The lowest BCUT2D eigenvalue weighted by atomic mass is 9.97. The molecule has 1 aromatic heterocycles. The zero-order valence-corrected chi connectivity index (χ0v) is 17.9. The average Bonchev–Trinajstić information content (AvgIpc) is 3.10. The Morgan fingerprint density at radius 1 is 1.19 bits per heavy atom. The van der Waals surface area contributed by atoms with Crippen molar-refractivity contribution in [2.45, 2.75) is 37.8 Å². The number of piperidine rings is 1. The molecule has 1 fully saturated rings. The van der Waals surface area contributed by atoms with Crippen molar-refractivity contribution in [3.63, 3.8) is 0 Å². The third-order valence-corrected chi connectivity index (χ3v) is 8.43. The van der Waals surface area contributed by atoms with Crippen LogP contribution in [0.3, 0.4) is 0 Å². The Morgan fingerprint density at radius 2 is 1.93 bits per heavy atom. The summed E-state index contributed by atoms with van der Waals surface area (Å²) in [5.41, 5.74) is 3.01. The van der Waals surface area contributed by atoms with Gasteiger partial charge in [-0.1, -0.05) is 12.1 Å². The van der Waals surface area contributed by atoms with E-state index in [0.29, 0.717) is 23.6 Å². The van der Waals surface area contributed by atoms with E-state index in [1.807, 2.05) is 45.0 Å². The molecule has 2 heterocycles. The SMILES string of the molecule is Cc1ccc(C)c(N(C)C(=O)C2CCCN(S(=O)(=O)c3ccc(C)s3)C2)c1. The first kappa shape index (κ1) is 20.0. The van der Waals surface area contributed by atoms with Crippen molar-refractivity contribution in [3.05, 3.63) is 46.3 Å². The normalized spacial score (nSPS) is 18.4. The van der Waals surface area contributed by atoms with Crippen LogP contribution in [0, 0.1) is 26.7 Å². The van der Waals surface area contributed by atoms with Gasteiger partial charge in [0.15, 0.2) is 0 Å². The first-order valence-electron chi connectivity index (χ1n) is 9.11. The van der Waals surface area contributed by atoms with Gasteiger partial charge in [-0.15, -0.1) is 11.3 Å². The number of hydrogen-bond acceptors (Lipinski definition) is 4. The van der Waals surface area contributed by atoms with E-state index in [4.69, 9.17) is 0 Å². The highest BCUT2D eigenvalue weighted by Crippen LogP contribution is 2.30. The number of nitrogens with zero attached hydrogens (tertiary/aromatic N) is 2. The molecule has 1 saturated heterocycles. The van der Waals surface area contributed by atoms with Crippen molar-refractivity contribution in [1.29, 1.82) is 0 Å². The number of hydrogen-bond donors (Lipinski definition) is 0. The molecule has 0 saturated carbocycles. The number of benzene rings is 1. The summed E-state index contributed by atoms with van der Waals surface area (Å²) >= 11 is 1.28. The summed E-state index contributed by atoms with van der Waals surface area (Å²) in [6.45, 7) is 6.59. The Labute approximate surface area is 165 Å². The predicted octanol–water partition coefficient (Wildman–Crippen LogP) is 3.74. The predicted molar refractivity (Wildman–Crippen MR) is 110 cm³/mol. The van der Waals surface area contributed by atoms with Gasteiger partial charge in [0.05, 0.1) is 5.92 Å². The summed E-state index contributed by atoms with van der Waals surface area (Å²) in [6, 6.07) is 9.50. The van der Waals surface area contributed by atoms with Crippen LogP contribution in [0.1, 0.15) is 28.8 Å². The molecule has 1 amide bonds. The maximum atomic E-state index is 13.1. The molecule has 146 valence electrons. The highest BCUT2D eigenvalue weighted by Gasteiger charge is 2.35. The molecule has 0 radical (unpaired) electrons. The van der Waals surface area contributed by atoms with Crippen LogP contribution in [0.4, 0.5) is 5.69 Å². The molecule has 0 bridgehead atoms. The first-order chi connectivity index (χ1) is 12.7. The fourth-order valence-corrected chi connectivity index (χ4v) is 6.48. The van der Waals surface area contributed by atoms with Crippen molar-refractivity contribution < 1.29 is 13.2 Å². The Morgan fingerprint density at radius 3 is 2.59 bits per heavy atom. The summed E-state index contributed by atoms with van der Waals surface area (Å²) in [7, 11) is -1.75. The largest absolute Gasteiger partial charge is 0.315 e. The van der Waals surface area contributed by atoms with Crippen LogP contribution >= 0.6 is 11.3 Å². The molecule has 1 aliphatic rings. The fraction of sp³-hybridized carbons (Fsp3) is 0.450. The van der Waals surface area contributed by atoms with Gasteiger partial charge in [0.25, 0.3) is 10.0 Å². The third kappa shape index (κ3) is 4.10. The molecule has 2 aromatic rings. The molecule has 1 aliphatic heterocycles. The summed E-state index contributed by atoms with van der Waals surface area (Å²) < 4.78 is 27.7. The van der Waals surface area contributed by atoms with Crippen molar-refractivity contribution in [2.24, 2.45) is 5.92 Å². The molecular formula is C20H26N2O3S2. The van der Waals surface area contributed by atoms with Crippen LogP contribution in [-0.4, -0.2) is 38.8 Å². The first-order valence-corrected chi connectivity index (χ1v) is 11.4. The van der Waals surface area contributed by atoms with E-state index in [2.05, 4.69) is 0 Å². The van der Waals surface area contributed by atoms with E-state index in [9.17, 15) is 13.2 Å². The quantitative estimate of drug-likeness (QED) is 0.777. The van der Waals surface area contributed by atoms with Crippen LogP contribution in [0.2, 0.25) is 0 Å². The van der Waals surface area contributed by atoms with Crippen LogP contribution in [-0.2, 0) is 14.8 Å². The van der Waals surface area contributed by atoms with Gasteiger partial charge in [0.2, 0.25) is 5.91 Å². The number of sulfonamides is 1. The van der Waals surface area contributed by atoms with Crippen molar-refractivity contribution in [2.75, 3.05) is 25.0 Å². The lowest BCUT2D eigenvalue weighted by Gasteiger charge is -2.33. The maximum absolute atomic E-state index is 13.1. The molecule has 0 aliphatic carbocycles. The zero-order chi connectivity index (χ0) is 19.8. The fourth-order valence-electron chi connectivity index (χ4n) is 3.51. The van der Waals surface area contributed by atoms with Crippen LogP contribution in [0.25, 0.3) is 0 Å². The molecule has 5 nitrogen and oxygen atoms in total. The van der Waals surface area contributed by atoms with Crippen LogP contribution in [0.5, 0.6) is 0 Å².